The minimum Gasteiger partial charge on any atom is -0.339 e. The molecule has 0 bridgehead atoms. The van der Waals surface area contributed by atoms with Crippen LogP contribution in [0.5, 0.6) is 0 Å². The Balaban J connectivity index is 1.75. The first-order chi connectivity index (χ1) is 8.74. The highest BCUT2D eigenvalue weighted by atomic mass is 19.1. The Labute approximate surface area is 104 Å². The number of nitrogens with zero attached hydrogens (tertiary/aromatic N) is 2. The lowest BCUT2D eigenvalue weighted by Gasteiger charge is -2.02. The smallest absolute Gasteiger partial charge is 0.231 e. The van der Waals surface area contributed by atoms with E-state index in [1.165, 1.54) is 6.07 Å². The minimum absolute atomic E-state index is 0.150. The van der Waals surface area contributed by atoms with Gasteiger partial charge in [-0.25, -0.2) is 4.39 Å². The van der Waals surface area contributed by atoms with Crippen molar-refractivity contribution in [3.63, 3.8) is 0 Å². The van der Waals surface area contributed by atoms with Gasteiger partial charge in [-0.3, -0.25) is 0 Å². The van der Waals surface area contributed by atoms with Gasteiger partial charge in [-0.05, 0) is 30.4 Å². The summed E-state index contributed by atoms with van der Waals surface area (Å²) in [6, 6.07) is 6.41. The number of nitrogens with two attached hydrogens (primary N) is 1. The summed E-state index contributed by atoms with van der Waals surface area (Å²) in [5.41, 5.74) is 6.53. The zero-order chi connectivity index (χ0) is 12.5. The van der Waals surface area contributed by atoms with Gasteiger partial charge in [0.25, 0.3) is 0 Å². The van der Waals surface area contributed by atoms with Crippen LogP contribution in [0.2, 0.25) is 0 Å². The first-order valence-corrected chi connectivity index (χ1v) is 6.05. The molecule has 94 valence electrons. The fourth-order valence-corrected chi connectivity index (χ4v) is 1.95. The standard InChI is InChI=1S/C13H14FN3O/c14-10-4-2-1-3-9(10)7-11-16-13(17-18-11)12(15)8-5-6-8/h1-4,8,12H,5-7,15H2. The summed E-state index contributed by atoms with van der Waals surface area (Å²) in [5, 5.41) is 3.87. The van der Waals surface area contributed by atoms with Crippen LogP contribution in [0.3, 0.4) is 0 Å². The predicted molar refractivity (Wildman–Crippen MR) is 63.2 cm³/mol. The van der Waals surface area contributed by atoms with E-state index in [2.05, 4.69) is 10.1 Å². The summed E-state index contributed by atoms with van der Waals surface area (Å²) < 4.78 is 18.6. The van der Waals surface area contributed by atoms with E-state index in [1.807, 2.05) is 0 Å². The van der Waals surface area contributed by atoms with Crippen LogP contribution in [0.25, 0.3) is 0 Å². The number of hydrogen-bond donors (Lipinski definition) is 1. The van der Waals surface area contributed by atoms with Gasteiger partial charge in [0.15, 0.2) is 5.82 Å². The molecule has 5 heteroatoms. The average molecular weight is 247 g/mol. The summed E-state index contributed by atoms with van der Waals surface area (Å²) in [5.74, 6) is 1.16. The topological polar surface area (TPSA) is 64.9 Å². The maximum atomic E-state index is 13.5. The molecular formula is C13H14FN3O. The van der Waals surface area contributed by atoms with Crippen LogP contribution in [0.4, 0.5) is 4.39 Å². The second kappa shape index (κ2) is 4.49. The Morgan fingerprint density at radius 3 is 2.89 bits per heavy atom. The van der Waals surface area contributed by atoms with Crippen molar-refractivity contribution in [2.75, 3.05) is 0 Å². The van der Waals surface area contributed by atoms with Gasteiger partial charge in [-0.1, -0.05) is 23.4 Å². The number of aromatic nitrogens is 2. The highest BCUT2D eigenvalue weighted by Crippen LogP contribution is 2.38. The van der Waals surface area contributed by atoms with E-state index >= 15 is 0 Å². The van der Waals surface area contributed by atoms with Crippen LogP contribution < -0.4 is 5.73 Å². The highest BCUT2D eigenvalue weighted by molar-refractivity contribution is 5.20. The number of benzene rings is 1. The molecule has 1 aliphatic rings. The molecule has 1 heterocycles. The molecule has 1 fully saturated rings. The highest BCUT2D eigenvalue weighted by Gasteiger charge is 2.32. The van der Waals surface area contributed by atoms with Gasteiger partial charge in [0.2, 0.25) is 5.89 Å². The molecule has 3 rings (SSSR count). The molecule has 0 aliphatic heterocycles. The molecule has 18 heavy (non-hydrogen) atoms. The van der Waals surface area contributed by atoms with E-state index in [9.17, 15) is 4.39 Å². The summed E-state index contributed by atoms with van der Waals surface area (Å²) in [6.45, 7) is 0. The molecule has 0 amide bonds. The van der Waals surface area contributed by atoms with Crippen molar-refractivity contribution in [2.24, 2.45) is 11.7 Å². The third-order valence-electron chi connectivity index (χ3n) is 3.21. The largest absolute Gasteiger partial charge is 0.339 e. The molecule has 1 aliphatic carbocycles. The summed E-state index contributed by atoms with van der Waals surface area (Å²) in [6.07, 6.45) is 2.55. The van der Waals surface area contributed by atoms with Crippen LogP contribution in [0.15, 0.2) is 28.8 Å². The zero-order valence-corrected chi connectivity index (χ0v) is 9.84. The Hall–Kier alpha value is -1.75. The molecule has 4 nitrogen and oxygen atoms in total. The summed E-state index contributed by atoms with van der Waals surface area (Å²) >= 11 is 0. The van der Waals surface area contributed by atoms with E-state index in [0.717, 1.165) is 12.8 Å². The normalized spacial score (nSPS) is 16.8. The van der Waals surface area contributed by atoms with Crippen molar-refractivity contribution >= 4 is 0 Å². The second-order valence-electron chi connectivity index (χ2n) is 4.68. The van der Waals surface area contributed by atoms with Crippen molar-refractivity contribution in [2.45, 2.75) is 25.3 Å². The lowest BCUT2D eigenvalue weighted by molar-refractivity contribution is 0.372. The van der Waals surface area contributed by atoms with Crippen LogP contribution >= 0.6 is 0 Å². The zero-order valence-electron chi connectivity index (χ0n) is 9.84. The SMILES string of the molecule is NC(c1noc(Cc2ccccc2F)n1)C1CC1. The van der Waals surface area contributed by atoms with Crippen LogP contribution in [-0.4, -0.2) is 10.1 Å². The molecule has 1 saturated carbocycles. The number of halogens is 1. The van der Waals surface area contributed by atoms with E-state index < -0.39 is 0 Å². The first-order valence-electron chi connectivity index (χ1n) is 6.05. The van der Waals surface area contributed by atoms with E-state index in [-0.39, 0.29) is 11.9 Å². The van der Waals surface area contributed by atoms with Crippen molar-refractivity contribution in [3.8, 4) is 0 Å². The fraction of sp³-hybridized carbons (Fsp3) is 0.385. The van der Waals surface area contributed by atoms with Gasteiger partial charge in [-0.15, -0.1) is 0 Å². The fourth-order valence-electron chi connectivity index (χ4n) is 1.95. The van der Waals surface area contributed by atoms with Gasteiger partial charge < -0.3 is 10.3 Å². The third kappa shape index (κ3) is 2.26. The number of hydrogen-bond acceptors (Lipinski definition) is 4. The second-order valence-corrected chi connectivity index (χ2v) is 4.68. The molecule has 0 spiro atoms. The molecule has 2 N–H and O–H groups in total. The van der Waals surface area contributed by atoms with E-state index in [1.54, 1.807) is 18.2 Å². The predicted octanol–water partition coefficient (Wildman–Crippen LogP) is 2.21. The van der Waals surface area contributed by atoms with E-state index in [0.29, 0.717) is 29.6 Å². The Kier molecular flexibility index (Phi) is 2.83. The first kappa shape index (κ1) is 11.3. The summed E-state index contributed by atoms with van der Waals surface area (Å²) in [7, 11) is 0. The average Bonchev–Trinajstić information content (AvgIpc) is 3.12. The van der Waals surface area contributed by atoms with Gasteiger partial charge in [0.05, 0.1) is 12.5 Å². The minimum atomic E-state index is -0.260. The van der Waals surface area contributed by atoms with Crippen LogP contribution in [0.1, 0.15) is 36.2 Å². The van der Waals surface area contributed by atoms with Crippen LogP contribution in [-0.2, 0) is 6.42 Å². The maximum Gasteiger partial charge on any atom is 0.231 e. The quantitative estimate of drug-likeness (QED) is 0.899. The van der Waals surface area contributed by atoms with Crippen LogP contribution in [0, 0.1) is 11.7 Å². The van der Waals surface area contributed by atoms with E-state index in [4.69, 9.17) is 10.3 Å². The molecule has 0 saturated heterocycles. The molecule has 1 aromatic carbocycles. The Morgan fingerprint density at radius 1 is 1.39 bits per heavy atom. The van der Waals surface area contributed by atoms with Gasteiger partial charge in [-0.2, -0.15) is 4.98 Å². The van der Waals surface area contributed by atoms with Gasteiger partial charge in [0, 0.05) is 0 Å². The molecule has 1 aromatic heterocycles. The molecule has 2 aromatic rings. The molecule has 0 radical (unpaired) electrons. The van der Waals surface area contributed by atoms with Gasteiger partial charge >= 0.3 is 0 Å². The Bertz CT molecular complexity index is 551. The van der Waals surface area contributed by atoms with Crippen molar-refractivity contribution < 1.29 is 8.91 Å². The maximum absolute atomic E-state index is 13.5. The molecule has 1 atom stereocenters. The lowest BCUT2D eigenvalue weighted by atomic mass is 10.1. The molecule has 1 unspecified atom stereocenters. The van der Waals surface area contributed by atoms with Crippen molar-refractivity contribution in [3.05, 3.63) is 47.4 Å². The number of rotatable bonds is 4. The Morgan fingerprint density at radius 2 is 2.17 bits per heavy atom. The van der Waals surface area contributed by atoms with Gasteiger partial charge in [0.1, 0.15) is 5.82 Å². The van der Waals surface area contributed by atoms with Crippen molar-refractivity contribution in [1.82, 2.24) is 10.1 Å². The summed E-state index contributed by atoms with van der Waals surface area (Å²) in [4.78, 5) is 4.24. The lowest BCUT2D eigenvalue weighted by Crippen LogP contribution is -2.14. The third-order valence-corrected chi connectivity index (χ3v) is 3.21. The molecular weight excluding hydrogens is 233 g/mol. The monoisotopic (exact) mass is 247 g/mol. The van der Waals surface area contributed by atoms with Crippen molar-refractivity contribution in [1.29, 1.82) is 0 Å².